The van der Waals surface area contributed by atoms with Crippen LogP contribution >= 0.6 is 0 Å². The normalized spacial score (nSPS) is 12.6. The molecule has 4 nitrogen and oxygen atoms in total. The summed E-state index contributed by atoms with van der Waals surface area (Å²) >= 11 is 0. The first-order valence-corrected chi connectivity index (χ1v) is 7.40. The summed E-state index contributed by atoms with van der Waals surface area (Å²) in [5.74, 6) is -0.261. The summed E-state index contributed by atoms with van der Waals surface area (Å²) in [4.78, 5) is 23.4. The van der Waals surface area contributed by atoms with E-state index in [0.29, 0.717) is 0 Å². The molecule has 0 aliphatic rings. The van der Waals surface area contributed by atoms with Crippen molar-refractivity contribution in [1.29, 1.82) is 0 Å². The third kappa shape index (κ3) is 6.93. The molecule has 0 aromatic heterocycles. The molecule has 0 bridgehead atoms. The highest BCUT2D eigenvalue weighted by atomic mass is 16.2. The molecule has 21 heavy (non-hydrogen) atoms. The molecule has 116 valence electrons. The summed E-state index contributed by atoms with van der Waals surface area (Å²) in [6, 6.07) is 10.3. The van der Waals surface area contributed by atoms with Crippen LogP contribution in [0.15, 0.2) is 30.3 Å². The van der Waals surface area contributed by atoms with E-state index in [4.69, 9.17) is 0 Å². The highest BCUT2D eigenvalue weighted by Gasteiger charge is 2.21. The molecule has 0 saturated carbocycles. The lowest BCUT2D eigenvalue weighted by molar-refractivity contribution is -0.131. The number of benzene rings is 1. The number of nitrogens with one attached hydrogen (secondary N) is 2. The summed E-state index contributed by atoms with van der Waals surface area (Å²) in [5.41, 5.74) is 0.791. The average Bonchev–Trinajstić information content (AvgIpc) is 2.42. The highest BCUT2D eigenvalue weighted by molar-refractivity contribution is 5.87. The zero-order chi connectivity index (χ0) is 15.9. The van der Waals surface area contributed by atoms with Crippen LogP contribution in [-0.4, -0.2) is 24.4 Å². The van der Waals surface area contributed by atoms with Gasteiger partial charge in [0.2, 0.25) is 11.8 Å². The van der Waals surface area contributed by atoms with Crippen molar-refractivity contribution in [3.8, 4) is 0 Å². The minimum Gasteiger partial charge on any atom is -0.352 e. The summed E-state index contributed by atoms with van der Waals surface area (Å²) in [6.45, 7) is 7.48. The van der Waals surface area contributed by atoms with Gasteiger partial charge in [0, 0.05) is 11.5 Å². The Labute approximate surface area is 127 Å². The van der Waals surface area contributed by atoms with Gasteiger partial charge in [-0.1, -0.05) is 51.1 Å². The van der Waals surface area contributed by atoms with Gasteiger partial charge in [0.15, 0.2) is 0 Å². The lowest BCUT2D eigenvalue weighted by Crippen LogP contribution is -2.44. The molecule has 0 heterocycles. The number of rotatable bonds is 6. The van der Waals surface area contributed by atoms with Gasteiger partial charge >= 0.3 is 0 Å². The minimum atomic E-state index is -0.473. The second-order valence-corrected chi connectivity index (χ2v) is 6.43. The third-order valence-corrected chi connectivity index (χ3v) is 3.21. The highest BCUT2D eigenvalue weighted by Crippen LogP contribution is 2.11. The fourth-order valence-corrected chi connectivity index (χ4v) is 1.85. The van der Waals surface area contributed by atoms with Crippen LogP contribution in [0.5, 0.6) is 0 Å². The molecule has 0 aliphatic carbocycles. The van der Waals surface area contributed by atoms with Crippen molar-refractivity contribution in [2.24, 2.45) is 5.41 Å². The monoisotopic (exact) mass is 290 g/mol. The number of carbonyl (C=O) groups excluding carboxylic acids is 2. The lowest BCUT2D eigenvalue weighted by Gasteiger charge is -2.18. The Morgan fingerprint density at radius 2 is 1.76 bits per heavy atom. The molecule has 4 heteroatoms. The quantitative estimate of drug-likeness (QED) is 0.844. The van der Waals surface area contributed by atoms with Crippen LogP contribution in [-0.2, 0) is 16.0 Å². The molecule has 0 aliphatic heterocycles. The maximum absolute atomic E-state index is 11.8. The molecule has 2 amide bonds. The second-order valence-electron chi connectivity index (χ2n) is 6.43. The van der Waals surface area contributed by atoms with Crippen molar-refractivity contribution in [3.05, 3.63) is 35.9 Å². The molecular weight excluding hydrogens is 264 g/mol. The Hall–Kier alpha value is -1.84. The number of aryl methyl sites for hydroxylation is 1. The van der Waals surface area contributed by atoms with Gasteiger partial charge in [-0.2, -0.15) is 0 Å². The number of hydrogen-bond donors (Lipinski definition) is 2. The molecule has 0 spiro atoms. The summed E-state index contributed by atoms with van der Waals surface area (Å²) in [5, 5.41) is 5.55. The van der Waals surface area contributed by atoms with E-state index < -0.39 is 5.41 Å². The zero-order valence-corrected chi connectivity index (χ0v) is 13.4. The number of carbonyl (C=O) groups is 2. The average molecular weight is 290 g/mol. The molecule has 1 aromatic rings. The molecule has 0 fully saturated rings. The lowest BCUT2D eigenvalue weighted by atomic mass is 9.96. The van der Waals surface area contributed by atoms with Crippen molar-refractivity contribution in [2.45, 2.75) is 46.6 Å². The van der Waals surface area contributed by atoms with Crippen LogP contribution in [0.25, 0.3) is 0 Å². The van der Waals surface area contributed by atoms with E-state index in [1.807, 2.05) is 45.9 Å². The molecule has 1 rings (SSSR count). The van der Waals surface area contributed by atoms with Crippen LogP contribution in [0.2, 0.25) is 0 Å². The molecule has 1 unspecified atom stereocenters. The summed E-state index contributed by atoms with van der Waals surface area (Å²) in [7, 11) is 0. The molecule has 2 N–H and O–H groups in total. The van der Waals surface area contributed by atoms with Crippen molar-refractivity contribution in [2.75, 3.05) is 6.54 Å². The van der Waals surface area contributed by atoms with Crippen LogP contribution in [0, 0.1) is 5.41 Å². The summed E-state index contributed by atoms with van der Waals surface area (Å²) in [6.07, 6.45) is 1.81. The standard InChI is InChI=1S/C17H26N2O2/c1-13(10-11-14-8-6-5-7-9-14)19-15(20)12-18-16(21)17(2,3)4/h5-9,13H,10-12H2,1-4H3,(H,18,21)(H,19,20). The van der Waals surface area contributed by atoms with E-state index in [0.717, 1.165) is 12.8 Å². The maximum Gasteiger partial charge on any atom is 0.239 e. The van der Waals surface area contributed by atoms with E-state index in [-0.39, 0.29) is 24.4 Å². The Balaban J connectivity index is 2.26. The predicted molar refractivity (Wildman–Crippen MR) is 84.8 cm³/mol. The first-order valence-electron chi connectivity index (χ1n) is 7.40. The Morgan fingerprint density at radius 3 is 2.33 bits per heavy atom. The first kappa shape index (κ1) is 17.2. The van der Waals surface area contributed by atoms with Gasteiger partial charge < -0.3 is 10.6 Å². The minimum absolute atomic E-state index is 0.0335. The van der Waals surface area contributed by atoms with Crippen LogP contribution < -0.4 is 10.6 Å². The van der Waals surface area contributed by atoms with E-state index in [9.17, 15) is 9.59 Å². The number of hydrogen-bond acceptors (Lipinski definition) is 2. The summed E-state index contributed by atoms with van der Waals surface area (Å²) < 4.78 is 0. The first-order chi connectivity index (χ1) is 9.79. The van der Waals surface area contributed by atoms with Crippen molar-refractivity contribution >= 4 is 11.8 Å². The van der Waals surface area contributed by atoms with E-state index in [1.165, 1.54) is 5.56 Å². The topological polar surface area (TPSA) is 58.2 Å². The Kier molecular flexibility index (Phi) is 6.40. The van der Waals surface area contributed by atoms with Gasteiger partial charge in [0.05, 0.1) is 6.54 Å². The molecule has 0 saturated heterocycles. The molecular formula is C17H26N2O2. The molecule has 1 atom stereocenters. The van der Waals surface area contributed by atoms with Crippen LogP contribution in [0.3, 0.4) is 0 Å². The van der Waals surface area contributed by atoms with E-state index >= 15 is 0 Å². The number of amides is 2. The van der Waals surface area contributed by atoms with Crippen LogP contribution in [0.1, 0.15) is 39.7 Å². The second kappa shape index (κ2) is 7.81. The maximum atomic E-state index is 11.8. The van der Waals surface area contributed by atoms with E-state index in [1.54, 1.807) is 0 Å². The van der Waals surface area contributed by atoms with E-state index in [2.05, 4.69) is 22.8 Å². The smallest absolute Gasteiger partial charge is 0.239 e. The SMILES string of the molecule is CC(CCc1ccccc1)NC(=O)CNC(=O)C(C)(C)C. The molecule has 0 radical (unpaired) electrons. The van der Waals surface area contributed by atoms with Gasteiger partial charge in [-0.3, -0.25) is 9.59 Å². The van der Waals surface area contributed by atoms with Crippen molar-refractivity contribution < 1.29 is 9.59 Å². The van der Waals surface area contributed by atoms with Gasteiger partial charge in [-0.05, 0) is 25.3 Å². The van der Waals surface area contributed by atoms with Gasteiger partial charge in [0.25, 0.3) is 0 Å². The van der Waals surface area contributed by atoms with Gasteiger partial charge in [-0.15, -0.1) is 0 Å². The van der Waals surface area contributed by atoms with Gasteiger partial charge in [0.1, 0.15) is 0 Å². The Morgan fingerprint density at radius 1 is 1.14 bits per heavy atom. The van der Waals surface area contributed by atoms with Gasteiger partial charge in [-0.25, -0.2) is 0 Å². The fraction of sp³-hybridized carbons (Fsp3) is 0.529. The zero-order valence-electron chi connectivity index (χ0n) is 13.4. The van der Waals surface area contributed by atoms with Crippen LogP contribution in [0.4, 0.5) is 0 Å². The third-order valence-electron chi connectivity index (χ3n) is 3.21. The fourth-order valence-electron chi connectivity index (χ4n) is 1.85. The largest absolute Gasteiger partial charge is 0.352 e. The molecule has 1 aromatic carbocycles. The van der Waals surface area contributed by atoms with Crippen molar-refractivity contribution in [1.82, 2.24) is 10.6 Å². The predicted octanol–water partition coefficient (Wildman–Crippen LogP) is 2.29. The van der Waals surface area contributed by atoms with Crippen molar-refractivity contribution in [3.63, 3.8) is 0 Å². The Bertz CT molecular complexity index is 463.